The van der Waals surface area contributed by atoms with Crippen molar-refractivity contribution in [3.05, 3.63) is 64.9 Å². The van der Waals surface area contributed by atoms with Gasteiger partial charge in [0.05, 0.1) is 24.3 Å². The van der Waals surface area contributed by atoms with E-state index in [9.17, 15) is 4.79 Å². The van der Waals surface area contributed by atoms with Crippen molar-refractivity contribution < 1.29 is 9.53 Å². The fourth-order valence-corrected chi connectivity index (χ4v) is 4.63. The number of aromatic nitrogens is 3. The number of amides is 1. The monoisotopic (exact) mass is 462 g/mol. The van der Waals surface area contributed by atoms with Crippen LogP contribution >= 0.6 is 35.1 Å². The van der Waals surface area contributed by atoms with Gasteiger partial charge in [-0.3, -0.25) is 4.79 Å². The summed E-state index contributed by atoms with van der Waals surface area (Å²) in [6.07, 6.45) is 0. The molecule has 0 aliphatic heterocycles. The Kier molecular flexibility index (Phi) is 8.48. The number of nitrogens with one attached hydrogen (secondary N) is 1. The molecule has 3 aromatic rings. The molecule has 0 saturated carbocycles. The van der Waals surface area contributed by atoms with E-state index >= 15 is 0 Å². The number of halogens is 1. The lowest BCUT2D eigenvalue weighted by molar-refractivity contribution is -0.113. The van der Waals surface area contributed by atoms with Gasteiger partial charge in [-0.05, 0) is 36.8 Å². The molecule has 1 aromatic heterocycles. The molecule has 30 heavy (non-hydrogen) atoms. The maximum absolute atomic E-state index is 12.4. The smallest absolute Gasteiger partial charge is 0.234 e. The van der Waals surface area contributed by atoms with Crippen molar-refractivity contribution in [3.8, 4) is 5.75 Å². The van der Waals surface area contributed by atoms with E-state index in [2.05, 4.69) is 27.0 Å². The lowest BCUT2D eigenvalue weighted by Crippen LogP contribution is -2.15. The zero-order valence-corrected chi connectivity index (χ0v) is 19.2. The highest BCUT2D eigenvalue weighted by molar-refractivity contribution is 7.99. The standard InChI is InChI=1S/C21H23ClN4O2S2/c1-3-26-19(13-29-12-15-8-10-16(22)11-9-15)24-25-21(26)30-14-20(27)23-17-6-4-5-7-18(17)28-2/h4-11H,3,12-14H2,1-2H3,(H,23,27). The van der Waals surface area contributed by atoms with Gasteiger partial charge >= 0.3 is 0 Å². The number of thioether (sulfide) groups is 2. The number of hydrogen-bond donors (Lipinski definition) is 1. The van der Waals surface area contributed by atoms with Crippen LogP contribution in [0.1, 0.15) is 18.3 Å². The molecule has 0 aliphatic rings. The maximum atomic E-state index is 12.4. The van der Waals surface area contributed by atoms with E-state index in [1.807, 2.05) is 48.5 Å². The van der Waals surface area contributed by atoms with Crippen LogP contribution in [0, 0.1) is 0 Å². The van der Waals surface area contributed by atoms with E-state index in [4.69, 9.17) is 16.3 Å². The molecule has 6 nitrogen and oxygen atoms in total. The second-order valence-electron chi connectivity index (χ2n) is 6.30. The zero-order chi connectivity index (χ0) is 21.3. The number of anilines is 1. The fraction of sp³-hybridized carbons (Fsp3) is 0.286. The summed E-state index contributed by atoms with van der Waals surface area (Å²) in [7, 11) is 1.58. The van der Waals surface area contributed by atoms with Crippen LogP contribution in [0.5, 0.6) is 5.75 Å². The van der Waals surface area contributed by atoms with Crippen molar-refractivity contribution in [2.24, 2.45) is 0 Å². The molecule has 0 aliphatic carbocycles. The van der Waals surface area contributed by atoms with Crippen molar-refractivity contribution in [3.63, 3.8) is 0 Å². The van der Waals surface area contributed by atoms with E-state index in [-0.39, 0.29) is 11.7 Å². The average molecular weight is 463 g/mol. The molecule has 1 heterocycles. The summed E-state index contributed by atoms with van der Waals surface area (Å²) < 4.78 is 7.32. The largest absolute Gasteiger partial charge is 0.495 e. The van der Waals surface area contributed by atoms with Crippen molar-refractivity contribution in [1.29, 1.82) is 0 Å². The molecule has 3 rings (SSSR count). The fourth-order valence-electron chi connectivity index (χ4n) is 2.76. The molecule has 158 valence electrons. The first-order chi connectivity index (χ1) is 14.6. The van der Waals surface area contributed by atoms with Gasteiger partial charge in [-0.15, -0.1) is 22.0 Å². The number of ether oxygens (including phenoxy) is 1. The van der Waals surface area contributed by atoms with E-state index in [1.54, 1.807) is 18.9 Å². The predicted octanol–water partition coefficient (Wildman–Crippen LogP) is 5.12. The highest BCUT2D eigenvalue weighted by atomic mass is 35.5. The van der Waals surface area contributed by atoms with Crippen molar-refractivity contribution in [2.75, 3.05) is 18.2 Å². The topological polar surface area (TPSA) is 69.0 Å². The molecule has 9 heteroatoms. The van der Waals surface area contributed by atoms with Gasteiger partial charge in [0, 0.05) is 17.3 Å². The summed E-state index contributed by atoms with van der Waals surface area (Å²) in [6, 6.07) is 15.2. The molecular weight excluding hydrogens is 440 g/mol. The summed E-state index contributed by atoms with van der Waals surface area (Å²) in [6.45, 7) is 2.80. The van der Waals surface area contributed by atoms with Gasteiger partial charge in [0.1, 0.15) is 11.6 Å². The van der Waals surface area contributed by atoms with Crippen LogP contribution in [0.3, 0.4) is 0 Å². The molecule has 0 unspecified atom stereocenters. The normalized spacial score (nSPS) is 10.8. The SMILES string of the molecule is CCn1c(CSCc2ccc(Cl)cc2)nnc1SCC(=O)Nc1ccccc1OC. The van der Waals surface area contributed by atoms with E-state index in [0.29, 0.717) is 11.4 Å². The first-order valence-corrected chi connectivity index (χ1v) is 11.9. The molecule has 2 aromatic carbocycles. The first kappa shape index (κ1) is 22.5. The van der Waals surface area contributed by atoms with Crippen LogP contribution in [0.2, 0.25) is 5.02 Å². The molecule has 1 amide bonds. The van der Waals surface area contributed by atoms with Crippen molar-refractivity contribution >= 4 is 46.7 Å². The van der Waals surface area contributed by atoms with Gasteiger partial charge in [-0.1, -0.05) is 47.6 Å². The summed E-state index contributed by atoms with van der Waals surface area (Å²) in [5.41, 5.74) is 1.87. The minimum atomic E-state index is -0.117. The Hall–Kier alpha value is -2.16. The van der Waals surface area contributed by atoms with Crippen LogP contribution in [-0.2, 0) is 22.8 Å². The summed E-state index contributed by atoms with van der Waals surface area (Å²) in [5.74, 6) is 3.29. The molecule has 0 spiro atoms. The summed E-state index contributed by atoms with van der Waals surface area (Å²) >= 11 is 9.08. The van der Waals surface area contributed by atoms with Gasteiger partial charge < -0.3 is 14.6 Å². The van der Waals surface area contributed by atoms with Crippen LogP contribution in [0.25, 0.3) is 0 Å². The van der Waals surface area contributed by atoms with E-state index in [0.717, 1.165) is 34.1 Å². The lowest BCUT2D eigenvalue weighted by atomic mass is 10.2. The third kappa shape index (κ3) is 6.17. The number of nitrogens with zero attached hydrogens (tertiary/aromatic N) is 3. The number of rotatable bonds is 10. The minimum Gasteiger partial charge on any atom is -0.495 e. The van der Waals surface area contributed by atoms with Gasteiger partial charge in [0.2, 0.25) is 5.91 Å². The Morgan fingerprint density at radius 3 is 2.63 bits per heavy atom. The molecule has 0 atom stereocenters. The van der Waals surface area contributed by atoms with Gasteiger partial charge in [0.25, 0.3) is 0 Å². The molecule has 0 bridgehead atoms. The van der Waals surface area contributed by atoms with Gasteiger partial charge in [-0.25, -0.2) is 0 Å². The molecular formula is C21H23ClN4O2S2. The average Bonchev–Trinajstić information content (AvgIpc) is 3.16. The highest BCUT2D eigenvalue weighted by Crippen LogP contribution is 2.25. The Balaban J connectivity index is 1.53. The van der Waals surface area contributed by atoms with Crippen LogP contribution in [0.4, 0.5) is 5.69 Å². The number of carbonyl (C=O) groups is 1. The Morgan fingerprint density at radius 1 is 1.13 bits per heavy atom. The summed E-state index contributed by atoms with van der Waals surface area (Å²) in [4.78, 5) is 12.4. The summed E-state index contributed by atoms with van der Waals surface area (Å²) in [5, 5.41) is 13.0. The predicted molar refractivity (Wildman–Crippen MR) is 124 cm³/mol. The van der Waals surface area contributed by atoms with Crippen molar-refractivity contribution in [1.82, 2.24) is 14.8 Å². The number of carbonyl (C=O) groups excluding carboxylic acids is 1. The second-order valence-corrected chi connectivity index (χ2v) is 8.66. The zero-order valence-electron chi connectivity index (χ0n) is 16.8. The van der Waals surface area contributed by atoms with Gasteiger partial charge in [-0.2, -0.15) is 0 Å². The van der Waals surface area contributed by atoms with E-state index in [1.165, 1.54) is 17.3 Å². The maximum Gasteiger partial charge on any atom is 0.234 e. The van der Waals surface area contributed by atoms with E-state index < -0.39 is 0 Å². The van der Waals surface area contributed by atoms with Gasteiger partial charge in [0.15, 0.2) is 5.16 Å². The third-order valence-electron chi connectivity index (χ3n) is 4.24. The van der Waals surface area contributed by atoms with Crippen LogP contribution in [0.15, 0.2) is 53.7 Å². The number of benzene rings is 2. The second kappa shape index (κ2) is 11.3. The Bertz CT molecular complexity index is 979. The van der Waals surface area contributed by atoms with Crippen LogP contribution in [-0.4, -0.2) is 33.5 Å². The Morgan fingerprint density at radius 2 is 1.90 bits per heavy atom. The highest BCUT2D eigenvalue weighted by Gasteiger charge is 2.14. The molecule has 1 N–H and O–H groups in total. The van der Waals surface area contributed by atoms with Crippen molar-refractivity contribution in [2.45, 2.75) is 30.1 Å². The number of methoxy groups -OCH3 is 1. The van der Waals surface area contributed by atoms with Crippen LogP contribution < -0.4 is 10.1 Å². The minimum absolute atomic E-state index is 0.117. The molecule has 0 saturated heterocycles. The Labute approximate surface area is 189 Å². The lowest BCUT2D eigenvalue weighted by Gasteiger charge is -2.10. The molecule has 0 radical (unpaired) electrons. The number of para-hydroxylation sites is 2. The number of hydrogen-bond acceptors (Lipinski definition) is 6. The quantitative estimate of drug-likeness (QED) is 0.421. The first-order valence-electron chi connectivity index (χ1n) is 9.40. The third-order valence-corrected chi connectivity index (χ3v) is 6.45. The molecule has 0 fully saturated rings.